The van der Waals surface area contributed by atoms with Crippen LogP contribution in [0.5, 0.6) is 0 Å². The van der Waals surface area contributed by atoms with Gasteiger partial charge in [0.1, 0.15) is 12.2 Å². The molecule has 16 heavy (non-hydrogen) atoms. The highest BCUT2D eigenvalue weighted by atomic mass is 16.7. The first-order valence-electron chi connectivity index (χ1n) is 4.73. The highest BCUT2D eigenvalue weighted by molar-refractivity contribution is 5.65. The van der Waals surface area contributed by atoms with Crippen LogP contribution in [-0.4, -0.2) is 49.8 Å². The Morgan fingerprint density at radius 2 is 1.31 bits per heavy atom. The Balaban J connectivity index is 1.95. The quantitative estimate of drug-likeness (QED) is 0.610. The van der Waals surface area contributed by atoms with Crippen LogP contribution in [0.3, 0.4) is 0 Å². The molecular weight excluding hydrogens is 220 g/mol. The lowest BCUT2D eigenvalue weighted by Crippen LogP contribution is -2.37. The van der Waals surface area contributed by atoms with Crippen molar-refractivity contribution in [2.24, 2.45) is 11.5 Å². The Bertz CT molecular complexity index is 279. The second-order valence-electron chi connectivity index (χ2n) is 3.55. The number of primary amides is 2. The average molecular weight is 232 g/mol. The molecule has 2 rings (SSSR count). The van der Waals surface area contributed by atoms with Gasteiger partial charge in [0.15, 0.2) is 12.2 Å². The Hall–Kier alpha value is -1.54. The van der Waals surface area contributed by atoms with E-state index in [0.29, 0.717) is 0 Å². The van der Waals surface area contributed by atoms with Gasteiger partial charge in [-0.05, 0) is 0 Å². The molecule has 4 N–H and O–H groups in total. The van der Waals surface area contributed by atoms with E-state index in [9.17, 15) is 9.59 Å². The summed E-state index contributed by atoms with van der Waals surface area (Å²) in [5.74, 6) is 0. The number of carbonyl (C=O) groups excluding carboxylic acids is 2. The van der Waals surface area contributed by atoms with E-state index in [4.69, 9.17) is 30.4 Å². The molecule has 90 valence electrons. The predicted molar refractivity (Wildman–Crippen MR) is 48.4 cm³/mol. The molecule has 0 unspecified atom stereocenters. The van der Waals surface area contributed by atoms with Crippen molar-refractivity contribution in [1.29, 1.82) is 0 Å². The number of hydrogen-bond donors (Lipinski definition) is 2. The molecule has 2 aliphatic rings. The molecule has 0 aliphatic carbocycles. The second-order valence-corrected chi connectivity index (χ2v) is 3.55. The third kappa shape index (κ3) is 2.02. The van der Waals surface area contributed by atoms with Gasteiger partial charge in [0.2, 0.25) is 0 Å². The molecule has 2 amide bonds. The minimum absolute atomic E-state index is 0.164. The number of fused-ring (bicyclic) bond motifs is 1. The maximum absolute atomic E-state index is 10.6. The van der Waals surface area contributed by atoms with Gasteiger partial charge in [-0.15, -0.1) is 0 Å². The molecule has 0 aromatic carbocycles. The fourth-order valence-electron chi connectivity index (χ4n) is 1.93. The molecule has 0 aromatic heterocycles. The van der Waals surface area contributed by atoms with E-state index in [0.717, 1.165) is 0 Å². The van der Waals surface area contributed by atoms with Gasteiger partial charge in [-0.2, -0.15) is 0 Å². The van der Waals surface area contributed by atoms with Gasteiger partial charge in [0, 0.05) is 0 Å². The number of rotatable bonds is 2. The van der Waals surface area contributed by atoms with E-state index in [1.807, 2.05) is 0 Å². The van der Waals surface area contributed by atoms with E-state index in [1.165, 1.54) is 0 Å². The highest BCUT2D eigenvalue weighted by Crippen LogP contribution is 2.30. The lowest BCUT2D eigenvalue weighted by atomic mass is 10.1. The average Bonchev–Trinajstić information content (AvgIpc) is 2.70. The summed E-state index contributed by atoms with van der Waals surface area (Å²) in [5, 5.41) is 0. The maximum Gasteiger partial charge on any atom is 0.404 e. The first-order chi connectivity index (χ1) is 7.58. The molecule has 4 atom stereocenters. The monoisotopic (exact) mass is 232 g/mol. The first kappa shape index (κ1) is 11.0. The van der Waals surface area contributed by atoms with Gasteiger partial charge in [-0.25, -0.2) is 9.59 Å². The Morgan fingerprint density at radius 3 is 1.62 bits per heavy atom. The minimum Gasteiger partial charge on any atom is -0.441 e. The van der Waals surface area contributed by atoms with Crippen LogP contribution in [0.4, 0.5) is 9.59 Å². The summed E-state index contributed by atoms with van der Waals surface area (Å²) in [6.45, 7) is 0.327. The molecule has 0 aromatic rings. The van der Waals surface area contributed by atoms with Crippen molar-refractivity contribution in [2.45, 2.75) is 24.4 Å². The number of hydrogen-bond acceptors (Lipinski definition) is 6. The van der Waals surface area contributed by atoms with Crippen LogP contribution in [0.25, 0.3) is 0 Å². The van der Waals surface area contributed by atoms with Gasteiger partial charge in [0.25, 0.3) is 0 Å². The molecule has 2 fully saturated rings. The topological polar surface area (TPSA) is 123 Å². The van der Waals surface area contributed by atoms with Crippen molar-refractivity contribution < 1.29 is 28.5 Å². The van der Waals surface area contributed by atoms with Crippen molar-refractivity contribution >= 4 is 12.2 Å². The van der Waals surface area contributed by atoms with Crippen LogP contribution in [-0.2, 0) is 18.9 Å². The molecule has 8 nitrogen and oxygen atoms in total. The SMILES string of the molecule is NC(=O)O[C@H]1CO[C@H]2[C@@H]1OC[C@@H]2OC(N)=O. The summed E-state index contributed by atoms with van der Waals surface area (Å²) in [7, 11) is 0. The smallest absolute Gasteiger partial charge is 0.404 e. The maximum atomic E-state index is 10.6. The van der Waals surface area contributed by atoms with E-state index >= 15 is 0 Å². The summed E-state index contributed by atoms with van der Waals surface area (Å²) >= 11 is 0. The number of ether oxygens (including phenoxy) is 4. The van der Waals surface area contributed by atoms with Crippen molar-refractivity contribution in [3.05, 3.63) is 0 Å². The number of nitrogens with two attached hydrogens (primary N) is 2. The van der Waals surface area contributed by atoms with Crippen LogP contribution in [0, 0.1) is 0 Å². The van der Waals surface area contributed by atoms with Gasteiger partial charge in [0.05, 0.1) is 13.2 Å². The summed E-state index contributed by atoms with van der Waals surface area (Å²) in [4.78, 5) is 21.2. The van der Waals surface area contributed by atoms with Crippen LogP contribution >= 0.6 is 0 Å². The number of carbonyl (C=O) groups is 2. The standard InChI is InChI=1S/C8H12N2O6/c9-7(11)15-3-1-13-6-4(16-8(10)12)2-14-5(3)6/h3-6H,1-2H2,(H2,9,11)(H2,10,12)/t3-,4-,5+,6+/m0/s1. The summed E-state index contributed by atoms with van der Waals surface area (Å²) in [6.07, 6.45) is -3.84. The summed E-state index contributed by atoms with van der Waals surface area (Å²) in [6, 6.07) is 0. The molecule has 0 bridgehead atoms. The van der Waals surface area contributed by atoms with Gasteiger partial charge < -0.3 is 30.4 Å². The second kappa shape index (κ2) is 4.14. The molecule has 0 radical (unpaired) electrons. The summed E-state index contributed by atoms with van der Waals surface area (Å²) < 4.78 is 20.2. The lowest BCUT2D eigenvalue weighted by Gasteiger charge is -2.15. The zero-order chi connectivity index (χ0) is 11.7. The molecule has 2 heterocycles. The van der Waals surface area contributed by atoms with Crippen molar-refractivity contribution in [2.75, 3.05) is 13.2 Å². The van der Waals surface area contributed by atoms with E-state index < -0.39 is 36.6 Å². The van der Waals surface area contributed by atoms with Crippen LogP contribution in [0.2, 0.25) is 0 Å². The van der Waals surface area contributed by atoms with Gasteiger partial charge in [-0.3, -0.25) is 0 Å². The van der Waals surface area contributed by atoms with Crippen LogP contribution in [0.15, 0.2) is 0 Å². The molecule has 8 heteroatoms. The molecule has 2 saturated heterocycles. The summed E-state index contributed by atoms with van der Waals surface area (Å²) in [5.41, 5.74) is 9.79. The largest absolute Gasteiger partial charge is 0.441 e. The van der Waals surface area contributed by atoms with Crippen molar-refractivity contribution in [1.82, 2.24) is 0 Å². The molecule has 0 saturated carbocycles. The zero-order valence-corrected chi connectivity index (χ0v) is 8.33. The lowest BCUT2D eigenvalue weighted by molar-refractivity contribution is -0.00864. The fraction of sp³-hybridized carbons (Fsp3) is 0.750. The first-order valence-corrected chi connectivity index (χ1v) is 4.73. The fourth-order valence-corrected chi connectivity index (χ4v) is 1.93. The molecular formula is C8H12N2O6. The molecule has 2 aliphatic heterocycles. The third-order valence-corrected chi connectivity index (χ3v) is 2.50. The zero-order valence-electron chi connectivity index (χ0n) is 8.33. The van der Waals surface area contributed by atoms with Gasteiger partial charge >= 0.3 is 12.2 Å². The Kier molecular flexibility index (Phi) is 2.84. The normalized spacial score (nSPS) is 36.8. The van der Waals surface area contributed by atoms with Gasteiger partial charge in [-0.1, -0.05) is 0 Å². The van der Waals surface area contributed by atoms with Crippen LogP contribution in [0.1, 0.15) is 0 Å². The Labute approximate surface area is 90.7 Å². The van der Waals surface area contributed by atoms with Crippen molar-refractivity contribution in [3.63, 3.8) is 0 Å². The number of amides is 2. The Morgan fingerprint density at radius 1 is 0.938 bits per heavy atom. The minimum atomic E-state index is -0.892. The van der Waals surface area contributed by atoms with E-state index in [1.54, 1.807) is 0 Å². The van der Waals surface area contributed by atoms with Crippen molar-refractivity contribution in [3.8, 4) is 0 Å². The molecule has 0 spiro atoms. The van der Waals surface area contributed by atoms with E-state index in [2.05, 4.69) is 0 Å². The van der Waals surface area contributed by atoms with Crippen LogP contribution < -0.4 is 11.5 Å². The van der Waals surface area contributed by atoms with E-state index in [-0.39, 0.29) is 13.2 Å². The predicted octanol–water partition coefficient (Wildman–Crippen LogP) is -1.29. The third-order valence-electron chi connectivity index (χ3n) is 2.50. The highest BCUT2D eigenvalue weighted by Gasteiger charge is 2.50.